The predicted molar refractivity (Wildman–Crippen MR) is 53.3 cm³/mol. The van der Waals surface area contributed by atoms with Gasteiger partial charge in [-0.25, -0.2) is 0 Å². The van der Waals surface area contributed by atoms with E-state index in [1.54, 1.807) is 7.11 Å². The van der Waals surface area contributed by atoms with E-state index in [1.165, 1.54) is 5.56 Å². The average Bonchev–Trinajstić information content (AvgIpc) is 2.50. The Kier molecular flexibility index (Phi) is 2.18. The second-order valence-electron chi connectivity index (χ2n) is 3.29. The first-order valence-corrected chi connectivity index (χ1v) is 4.72. The Morgan fingerprint density at radius 2 is 2.31 bits per heavy atom. The number of nitrogens with two attached hydrogens (primary N) is 1. The van der Waals surface area contributed by atoms with Gasteiger partial charge in [0.2, 0.25) is 0 Å². The molecule has 0 aromatic heterocycles. The Bertz CT molecular complexity index is 338. The lowest BCUT2D eigenvalue weighted by molar-refractivity contribution is 0.410. The minimum absolute atomic E-state index is 0.0811. The number of fused-ring (bicyclic) bond motifs is 1. The van der Waals surface area contributed by atoms with Crippen LogP contribution >= 0.6 is 11.6 Å². The minimum Gasteiger partial charge on any atom is -0.496 e. The van der Waals surface area contributed by atoms with Gasteiger partial charge in [-0.3, -0.25) is 0 Å². The molecule has 70 valence electrons. The van der Waals surface area contributed by atoms with Crippen LogP contribution < -0.4 is 10.5 Å². The minimum atomic E-state index is 0.0811. The highest BCUT2D eigenvalue weighted by Gasteiger charge is 2.24. The summed E-state index contributed by atoms with van der Waals surface area (Å²) in [6.07, 6.45) is 1.94. The molecule has 3 heteroatoms. The van der Waals surface area contributed by atoms with Crippen molar-refractivity contribution in [3.63, 3.8) is 0 Å². The van der Waals surface area contributed by atoms with E-state index >= 15 is 0 Å². The van der Waals surface area contributed by atoms with Gasteiger partial charge >= 0.3 is 0 Å². The van der Waals surface area contributed by atoms with Crippen LogP contribution in [-0.2, 0) is 6.42 Å². The summed E-state index contributed by atoms with van der Waals surface area (Å²) in [4.78, 5) is 0. The quantitative estimate of drug-likeness (QED) is 0.750. The summed E-state index contributed by atoms with van der Waals surface area (Å²) in [5.41, 5.74) is 8.18. The van der Waals surface area contributed by atoms with Gasteiger partial charge in [-0.2, -0.15) is 0 Å². The van der Waals surface area contributed by atoms with E-state index in [4.69, 9.17) is 22.1 Å². The second-order valence-corrected chi connectivity index (χ2v) is 3.69. The topological polar surface area (TPSA) is 35.2 Å². The third-order valence-corrected chi connectivity index (χ3v) is 2.89. The molecular formula is C10H12ClNO. The zero-order chi connectivity index (χ0) is 9.42. The van der Waals surface area contributed by atoms with Crippen molar-refractivity contribution in [2.75, 3.05) is 7.11 Å². The van der Waals surface area contributed by atoms with Gasteiger partial charge in [0.1, 0.15) is 5.75 Å². The Morgan fingerprint density at radius 3 is 3.00 bits per heavy atom. The Labute approximate surface area is 82.6 Å². The maximum Gasteiger partial charge on any atom is 0.122 e. The zero-order valence-corrected chi connectivity index (χ0v) is 8.27. The molecule has 0 heterocycles. The molecule has 1 aromatic carbocycles. The third-order valence-electron chi connectivity index (χ3n) is 2.56. The van der Waals surface area contributed by atoms with Gasteiger partial charge in [0.05, 0.1) is 7.11 Å². The van der Waals surface area contributed by atoms with E-state index in [9.17, 15) is 0 Å². The SMILES string of the molecule is COc1ccc(Cl)c2c1CC[C@H]2N. The molecule has 1 aliphatic rings. The molecular weight excluding hydrogens is 186 g/mol. The number of rotatable bonds is 1. The fourth-order valence-corrected chi connectivity index (χ4v) is 2.23. The van der Waals surface area contributed by atoms with E-state index in [-0.39, 0.29) is 6.04 Å². The summed E-state index contributed by atoms with van der Waals surface area (Å²) in [6, 6.07) is 3.83. The van der Waals surface area contributed by atoms with Crippen molar-refractivity contribution in [1.82, 2.24) is 0 Å². The van der Waals surface area contributed by atoms with Crippen molar-refractivity contribution in [3.8, 4) is 5.75 Å². The molecule has 2 N–H and O–H groups in total. The predicted octanol–water partition coefficient (Wildman–Crippen LogP) is 2.29. The summed E-state index contributed by atoms with van der Waals surface area (Å²) in [6.45, 7) is 0. The number of methoxy groups -OCH3 is 1. The van der Waals surface area contributed by atoms with Crippen LogP contribution in [0, 0.1) is 0 Å². The van der Waals surface area contributed by atoms with Crippen LogP contribution in [0.25, 0.3) is 0 Å². The number of hydrogen-bond acceptors (Lipinski definition) is 2. The smallest absolute Gasteiger partial charge is 0.122 e. The Morgan fingerprint density at radius 1 is 1.54 bits per heavy atom. The van der Waals surface area contributed by atoms with Crippen LogP contribution in [0.3, 0.4) is 0 Å². The van der Waals surface area contributed by atoms with E-state index in [2.05, 4.69) is 0 Å². The third kappa shape index (κ3) is 1.30. The Hall–Kier alpha value is -0.730. The van der Waals surface area contributed by atoms with Crippen LogP contribution in [0.4, 0.5) is 0 Å². The second kappa shape index (κ2) is 3.20. The molecule has 0 fully saturated rings. The monoisotopic (exact) mass is 197 g/mol. The number of benzene rings is 1. The first-order valence-electron chi connectivity index (χ1n) is 4.35. The molecule has 0 bridgehead atoms. The van der Waals surface area contributed by atoms with Crippen molar-refractivity contribution >= 4 is 11.6 Å². The summed E-state index contributed by atoms with van der Waals surface area (Å²) in [5, 5.41) is 0.765. The van der Waals surface area contributed by atoms with Crippen LogP contribution in [0.15, 0.2) is 12.1 Å². The summed E-state index contributed by atoms with van der Waals surface area (Å²) < 4.78 is 5.25. The van der Waals surface area contributed by atoms with E-state index < -0.39 is 0 Å². The van der Waals surface area contributed by atoms with E-state index in [1.807, 2.05) is 12.1 Å². The lowest BCUT2D eigenvalue weighted by Crippen LogP contribution is -2.05. The molecule has 1 aromatic rings. The van der Waals surface area contributed by atoms with Crippen molar-refractivity contribution in [2.24, 2.45) is 5.73 Å². The van der Waals surface area contributed by atoms with Crippen LogP contribution in [0.5, 0.6) is 5.75 Å². The van der Waals surface area contributed by atoms with Gasteiger partial charge in [-0.1, -0.05) is 11.6 Å². The van der Waals surface area contributed by atoms with Crippen LogP contribution in [0.1, 0.15) is 23.6 Å². The number of hydrogen-bond donors (Lipinski definition) is 1. The number of ether oxygens (including phenoxy) is 1. The molecule has 0 radical (unpaired) electrons. The molecule has 0 spiro atoms. The summed E-state index contributed by atoms with van der Waals surface area (Å²) in [7, 11) is 1.67. The van der Waals surface area contributed by atoms with E-state index in [0.29, 0.717) is 0 Å². The van der Waals surface area contributed by atoms with Gasteiger partial charge in [0.15, 0.2) is 0 Å². The molecule has 0 aliphatic heterocycles. The molecule has 0 saturated heterocycles. The molecule has 1 atom stereocenters. The molecule has 2 nitrogen and oxygen atoms in total. The molecule has 0 unspecified atom stereocenters. The fraction of sp³-hybridized carbons (Fsp3) is 0.400. The fourth-order valence-electron chi connectivity index (χ4n) is 1.91. The molecule has 0 saturated carbocycles. The van der Waals surface area contributed by atoms with Crippen molar-refractivity contribution in [1.29, 1.82) is 0 Å². The van der Waals surface area contributed by atoms with Gasteiger partial charge in [0.25, 0.3) is 0 Å². The van der Waals surface area contributed by atoms with Crippen LogP contribution in [-0.4, -0.2) is 7.11 Å². The average molecular weight is 198 g/mol. The zero-order valence-electron chi connectivity index (χ0n) is 7.51. The highest BCUT2D eigenvalue weighted by atomic mass is 35.5. The molecule has 13 heavy (non-hydrogen) atoms. The van der Waals surface area contributed by atoms with Crippen molar-refractivity contribution < 1.29 is 4.74 Å². The van der Waals surface area contributed by atoms with Crippen LogP contribution in [0.2, 0.25) is 5.02 Å². The maximum atomic E-state index is 6.06. The first-order chi connectivity index (χ1) is 6.24. The first kappa shape index (κ1) is 8.85. The van der Waals surface area contributed by atoms with Gasteiger partial charge in [-0.15, -0.1) is 0 Å². The Balaban J connectivity index is 2.59. The highest BCUT2D eigenvalue weighted by Crippen LogP contribution is 2.39. The summed E-state index contributed by atoms with van der Waals surface area (Å²) in [5.74, 6) is 0.910. The normalized spacial score (nSPS) is 20.1. The lowest BCUT2D eigenvalue weighted by Gasteiger charge is -2.10. The van der Waals surface area contributed by atoms with Gasteiger partial charge < -0.3 is 10.5 Å². The molecule has 1 aliphatic carbocycles. The van der Waals surface area contributed by atoms with Crippen molar-refractivity contribution in [2.45, 2.75) is 18.9 Å². The lowest BCUT2D eigenvalue weighted by atomic mass is 10.1. The van der Waals surface area contributed by atoms with Gasteiger partial charge in [-0.05, 0) is 30.5 Å². The largest absolute Gasteiger partial charge is 0.496 e. The highest BCUT2D eigenvalue weighted by molar-refractivity contribution is 6.31. The maximum absolute atomic E-state index is 6.06. The van der Waals surface area contributed by atoms with Gasteiger partial charge in [0, 0.05) is 16.6 Å². The van der Waals surface area contributed by atoms with E-state index in [0.717, 1.165) is 29.2 Å². The standard InChI is InChI=1S/C10H12ClNO/c1-13-9-5-3-7(11)10-6(9)2-4-8(10)12/h3,5,8H,2,4,12H2,1H3/t8-/m1/s1. The summed E-state index contributed by atoms with van der Waals surface area (Å²) >= 11 is 6.06. The number of halogens is 1. The molecule has 0 amide bonds. The van der Waals surface area contributed by atoms with Crippen molar-refractivity contribution in [3.05, 3.63) is 28.3 Å². The molecule has 2 rings (SSSR count).